The lowest BCUT2D eigenvalue weighted by molar-refractivity contribution is 0.0697. The largest absolute Gasteiger partial charge is 0.493 e. The van der Waals surface area contributed by atoms with Crippen molar-refractivity contribution in [2.75, 3.05) is 38.3 Å². The molecule has 7 heteroatoms. The summed E-state index contributed by atoms with van der Waals surface area (Å²) in [6, 6.07) is 20.4. The minimum absolute atomic E-state index is 0.239. The van der Waals surface area contributed by atoms with Crippen molar-refractivity contribution in [3.63, 3.8) is 0 Å². The number of nitrogens with zero attached hydrogens (tertiary/aromatic N) is 2. The van der Waals surface area contributed by atoms with Gasteiger partial charge in [-0.3, -0.25) is 4.99 Å². The van der Waals surface area contributed by atoms with E-state index in [0.717, 1.165) is 48.8 Å². The first-order valence-corrected chi connectivity index (χ1v) is 10.7. The van der Waals surface area contributed by atoms with Gasteiger partial charge in [-0.25, -0.2) is 4.79 Å². The average molecular weight is 447 g/mol. The number of morpholine rings is 1. The number of benzene rings is 3. The molecule has 0 aliphatic carbocycles. The van der Waals surface area contributed by atoms with Gasteiger partial charge in [0, 0.05) is 30.6 Å². The highest BCUT2D eigenvalue weighted by atomic mass is 16.5. The Morgan fingerprint density at radius 2 is 1.79 bits per heavy atom. The number of carbonyl (C=O) groups is 1. The Morgan fingerprint density at radius 3 is 2.45 bits per heavy atom. The number of aromatic carboxylic acids is 1. The molecular weight excluding hydrogens is 420 g/mol. The topological polar surface area (TPSA) is 80.6 Å². The number of hydrogen-bond donors (Lipinski definition) is 1. The van der Waals surface area contributed by atoms with E-state index < -0.39 is 5.97 Å². The van der Waals surface area contributed by atoms with Crippen LogP contribution in [0, 0.1) is 0 Å². The van der Waals surface area contributed by atoms with Crippen molar-refractivity contribution in [3.8, 4) is 11.5 Å². The second kappa shape index (κ2) is 10.7. The maximum absolute atomic E-state index is 11.0. The Kier molecular flexibility index (Phi) is 7.22. The lowest BCUT2D eigenvalue weighted by Gasteiger charge is -2.28. The van der Waals surface area contributed by atoms with Crippen molar-refractivity contribution >= 4 is 23.6 Å². The number of anilines is 1. The number of carboxylic acid groups (broad SMARTS) is 1. The fourth-order valence-electron chi connectivity index (χ4n) is 3.56. The molecule has 33 heavy (non-hydrogen) atoms. The van der Waals surface area contributed by atoms with Crippen molar-refractivity contribution in [2.45, 2.75) is 6.61 Å². The standard InChI is InChI=1S/C26H26N2O5/c1-31-24-4-2-3-21(25(24)33-18-19-5-7-20(8-6-19)26(29)30)17-27-22-9-11-23(12-10-22)28-13-15-32-16-14-28/h2-12,17H,13-16,18H2,1H3,(H,29,30). The number of ether oxygens (including phenoxy) is 3. The van der Waals surface area contributed by atoms with E-state index in [1.165, 1.54) is 0 Å². The molecule has 7 nitrogen and oxygen atoms in total. The van der Waals surface area contributed by atoms with Crippen molar-refractivity contribution in [1.29, 1.82) is 0 Å². The molecule has 1 N–H and O–H groups in total. The maximum Gasteiger partial charge on any atom is 0.335 e. The monoisotopic (exact) mass is 446 g/mol. The number of rotatable bonds is 8. The van der Waals surface area contributed by atoms with Crippen LogP contribution >= 0.6 is 0 Å². The quantitative estimate of drug-likeness (QED) is 0.511. The Hall–Kier alpha value is -3.84. The van der Waals surface area contributed by atoms with Gasteiger partial charge in [0.1, 0.15) is 6.61 Å². The highest BCUT2D eigenvalue weighted by Crippen LogP contribution is 2.31. The average Bonchev–Trinajstić information content (AvgIpc) is 2.87. The minimum atomic E-state index is -0.955. The van der Waals surface area contributed by atoms with Crippen molar-refractivity contribution < 1.29 is 24.1 Å². The molecule has 4 rings (SSSR count). The van der Waals surface area contributed by atoms with Crippen LogP contribution in [0.2, 0.25) is 0 Å². The van der Waals surface area contributed by atoms with Gasteiger partial charge in [-0.05, 0) is 54.1 Å². The van der Waals surface area contributed by atoms with Crippen LogP contribution in [-0.2, 0) is 11.3 Å². The molecular formula is C26H26N2O5. The predicted octanol–water partition coefficient (Wildman–Crippen LogP) is 4.56. The number of methoxy groups -OCH3 is 1. The molecule has 3 aromatic carbocycles. The number of carboxylic acids is 1. The van der Waals surface area contributed by atoms with Gasteiger partial charge in [0.05, 0.1) is 31.6 Å². The van der Waals surface area contributed by atoms with E-state index in [9.17, 15) is 4.79 Å². The molecule has 0 amide bonds. The van der Waals surface area contributed by atoms with E-state index >= 15 is 0 Å². The molecule has 1 heterocycles. The van der Waals surface area contributed by atoms with Crippen LogP contribution in [0.25, 0.3) is 0 Å². The summed E-state index contributed by atoms with van der Waals surface area (Å²) in [5.41, 5.74) is 3.88. The Balaban J connectivity index is 1.48. The summed E-state index contributed by atoms with van der Waals surface area (Å²) < 4.78 is 16.9. The van der Waals surface area contributed by atoms with Gasteiger partial charge in [-0.2, -0.15) is 0 Å². The summed E-state index contributed by atoms with van der Waals surface area (Å²) in [5, 5.41) is 9.05. The lowest BCUT2D eigenvalue weighted by atomic mass is 10.1. The Labute approximate surface area is 192 Å². The van der Waals surface area contributed by atoms with Crippen LogP contribution in [-0.4, -0.2) is 50.7 Å². The third-order valence-corrected chi connectivity index (χ3v) is 5.39. The first-order valence-electron chi connectivity index (χ1n) is 10.7. The fraction of sp³-hybridized carbons (Fsp3) is 0.231. The lowest BCUT2D eigenvalue weighted by Crippen LogP contribution is -2.36. The summed E-state index contributed by atoms with van der Waals surface area (Å²) in [6.45, 7) is 3.57. The summed E-state index contributed by atoms with van der Waals surface area (Å²) in [4.78, 5) is 18.0. The van der Waals surface area contributed by atoms with Crippen LogP contribution < -0.4 is 14.4 Å². The van der Waals surface area contributed by atoms with Gasteiger partial charge in [-0.15, -0.1) is 0 Å². The fourth-order valence-corrected chi connectivity index (χ4v) is 3.56. The molecule has 0 bridgehead atoms. The molecule has 0 aromatic heterocycles. The molecule has 0 atom stereocenters. The SMILES string of the molecule is COc1cccc(C=Nc2ccc(N3CCOCC3)cc2)c1OCc1ccc(C(=O)O)cc1. The first-order chi connectivity index (χ1) is 16.1. The Bertz CT molecular complexity index is 1100. The summed E-state index contributed by atoms with van der Waals surface area (Å²) in [7, 11) is 1.59. The van der Waals surface area contributed by atoms with E-state index in [-0.39, 0.29) is 12.2 Å². The van der Waals surface area contributed by atoms with Gasteiger partial charge in [-0.1, -0.05) is 18.2 Å². The van der Waals surface area contributed by atoms with E-state index in [1.807, 2.05) is 30.3 Å². The molecule has 1 aliphatic rings. The minimum Gasteiger partial charge on any atom is -0.493 e. The molecule has 1 aliphatic heterocycles. The predicted molar refractivity (Wildman–Crippen MR) is 127 cm³/mol. The zero-order valence-electron chi connectivity index (χ0n) is 18.4. The van der Waals surface area contributed by atoms with Gasteiger partial charge in [0.15, 0.2) is 11.5 Å². The molecule has 0 unspecified atom stereocenters. The molecule has 0 saturated carbocycles. The summed E-state index contributed by atoms with van der Waals surface area (Å²) in [6.07, 6.45) is 1.76. The Morgan fingerprint density at radius 1 is 1.06 bits per heavy atom. The summed E-state index contributed by atoms with van der Waals surface area (Å²) >= 11 is 0. The summed E-state index contributed by atoms with van der Waals surface area (Å²) in [5.74, 6) is 0.225. The van der Waals surface area contributed by atoms with Crippen molar-refractivity contribution in [2.24, 2.45) is 4.99 Å². The molecule has 0 spiro atoms. The number of aliphatic imine (C=N–C) groups is 1. The molecule has 1 fully saturated rings. The van der Waals surface area contributed by atoms with Gasteiger partial charge in [0.2, 0.25) is 0 Å². The van der Waals surface area contributed by atoms with Crippen LogP contribution in [0.15, 0.2) is 71.7 Å². The molecule has 3 aromatic rings. The van der Waals surface area contributed by atoms with E-state index in [2.05, 4.69) is 22.0 Å². The van der Waals surface area contributed by atoms with E-state index in [4.69, 9.17) is 19.3 Å². The highest BCUT2D eigenvalue weighted by molar-refractivity contribution is 5.88. The number of para-hydroxylation sites is 1. The number of hydrogen-bond acceptors (Lipinski definition) is 6. The van der Waals surface area contributed by atoms with E-state index in [1.54, 1.807) is 37.6 Å². The molecule has 1 saturated heterocycles. The normalized spacial score (nSPS) is 13.8. The van der Waals surface area contributed by atoms with E-state index in [0.29, 0.717) is 11.5 Å². The smallest absolute Gasteiger partial charge is 0.335 e. The zero-order valence-corrected chi connectivity index (χ0v) is 18.4. The van der Waals surface area contributed by atoms with Gasteiger partial charge in [0.25, 0.3) is 0 Å². The highest BCUT2D eigenvalue weighted by Gasteiger charge is 2.12. The first kappa shape index (κ1) is 22.4. The van der Waals surface area contributed by atoms with Crippen LogP contribution in [0.4, 0.5) is 11.4 Å². The van der Waals surface area contributed by atoms with Gasteiger partial charge < -0.3 is 24.2 Å². The van der Waals surface area contributed by atoms with Gasteiger partial charge >= 0.3 is 5.97 Å². The van der Waals surface area contributed by atoms with Crippen molar-refractivity contribution in [3.05, 3.63) is 83.4 Å². The molecule has 0 radical (unpaired) electrons. The third-order valence-electron chi connectivity index (χ3n) is 5.39. The zero-order chi connectivity index (χ0) is 23.0. The second-order valence-corrected chi connectivity index (χ2v) is 7.54. The van der Waals surface area contributed by atoms with Crippen LogP contribution in [0.5, 0.6) is 11.5 Å². The molecule has 170 valence electrons. The van der Waals surface area contributed by atoms with Crippen molar-refractivity contribution in [1.82, 2.24) is 0 Å². The van der Waals surface area contributed by atoms with Crippen LogP contribution in [0.3, 0.4) is 0 Å². The van der Waals surface area contributed by atoms with Crippen LogP contribution in [0.1, 0.15) is 21.5 Å². The second-order valence-electron chi connectivity index (χ2n) is 7.54. The third kappa shape index (κ3) is 5.70. The maximum atomic E-state index is 11.0.